The van der Waals surface area contributed by atoms with Crippen molar-refractivity contribution in [1.82, 2.24) is 4.98 Å². The molecule has 1 fully saturated rings. The Morgan fingerprint density at radius 2 is 2.38 bits per heavy atom. The summed E-state index contributed by atoms with van der Waals surface area (Å²) in [6.07, 6.45) is 1.32. The van der Waals surface area contributed by atoms with Crippen molar-refractivity contribution in [1.29, 1.82) is 0 Å². The molecule has 16 heavy (non-hydrogen) atoms. The van der Waals surface area contributed by atoms with Crippen LogP contribution in [-0.2, 0) is 11.2 Å². The van der Waals surface area contributed by atoms with Crippen LogP contribution in [0.2, 0.25) is 0 Å². The van der Waals surface area contributed by atoms with E-state index in [1.807, 2.05) is 12.1 Å². The lowest BCUT2D eigenvalue weighted by Crippen LogP contribution is -2.03. The van der Waals surface area contributed by atoms with Gasteiger partial charge in [-0.3, -0.25) is 0 Å². The zero-order valence-corrected chi connectivity index (χ0v) is 9.32. The van der Waals surface area contributed by atoms with Gasteiger partial charge < -0.3 is 14.5 Å². The lowest BCUT2D eigenvalue weighted by Gasteiger charge is -2.04. The Morgan fingerprint density at radius 1 is 1.50 bits per heavy atom. The Bertz CT molecular complexity index is 500. The molecule has 1 aromatic heterocycles. The van der Waals surface area contributed by atoms with Crippen LogP contribution in [0.5, 0.6) is 5.75 Å². The third-order valence-corrected chi connectivity index (χ3v) is 2.89. The first kappa shape index (κ1) is 9.73. The second-order valence-corrected chi connectivity index (χ2v) is 4.13. The largest absolute Gasteiger partial charge is 0.490 e. The summed E-state index contributed by atoms with van der Waals surface area (Å²) in [5, 5.41) is 1.17. The lowest BCUT2D eigenvalue weighted by atomic mass is 10.2. The third-order valence-electron chi connectivity index (χ3n) is 2.89. The van der Waals surface area contributed by atoms with E-state index < -0.39 is 0 Å². The van der Waals surface area contributed by atoms with E-state index in [0.717, 1.165) is 24.3 Å². The van der Waals surface area contributed by atoms with Gasteiger partial charge in [-0.1, -0.05) is 13.0 Å². The number of hydrogen-bond acceptors (Lipinski definition) is 2. The molecule has 0 amide bonds. The maximum absolute atomic E-state index is 5.76. The van der Waals surface area contributed by atoms with Gasteiger partial charge >= 0.3 is 0 Å². The number of H-pyrrole nitrogens is 1. The first-order valence-corrected chi connectivity index (χ1v) is 5.72. The fraction of sp³-hybridized carbons (Fsp3) is 0.385. The van der Waals surface area contributed by atoms with Crippen LogP contribution in [0, 0.1) is 0 Å². The van der Waals surface area contributed by atoms with Crippen molar-refractivity contribution in [2.75, 3.05) is 13.2 Å². The summed E-state index contributed by atoms with van der Waals surface area (Å²) < 4.78 is 10.9. The number of nitrogens with one attached hydrogen (secondary N) is 1. The van der Waals surface area contributed by atoms with E-state index in [1.165, 1.54) is 11.1 Å². The number of aromatic nitrogens is 1. The number of hydrogen-bond donors (Lipinski definition) is 1. The molecule has 0 saturated carbocycles. The van der Waals surface area contributed by atoms with Gasteiger partial charge in [0.15, 0.2) is 0 Å². The molecule has 0 aliphatic carbocycles. The van der Waals surface area contributed by atoms with Gasteiger partial charge in [0.2, 0.25) is 0 Å². The lowest BCUT2D eigenvalue weighted by molar-refractivity contribution is 0.265. The molecule has 1 aliphatic rings. The molecule has 1 N–H and O–H groups in total. The Balaban J connectivity index is 1.91. The SMILES string of the molecule is CCc1cc2c(OCC3CO3)cccc2[nH]1. The van der Waals surface area contributed by atoms with Gasteiger partial charge in [-0.05, 0) is 24.6 Å². The highest BCUT2D eigenvalue weighted by Gasteiger charge is 2.23. The molecule has 0 spiro atoms. The van der Waals surface area contributed by atoms with E-state index in [-0.39, 0.29) is 0 Å². The average molecular weight is 217 g/mol. The van der Waals surface area contributed by atoms with E-state index in [4.69, 9.17) is 9.47 Å². The number of aryl methyl sites for hydroxylation is 1. The van der Waals surface area contributed by atoms with Crippen molar-refractivity contribution in [2.24, 2.45) is 0 Å². The van der Waals surface area contributed by atoms with Gasteiger partial charge in [0.05, 0.1) is 6.61 Å². The molecule has 2 aromatic rings. The van der Waals surface area contributed by atoms with E-state index in [1.54, 1.807) is 0 Å². The standard InChI is InChI=1S/C13H15NO2/c1-2-9-6-11-12(14-9)4-3-5-13(11)16-8-10-7-15-10/h3-6,10,14H,2,7-8H2,1H3. The van der Waals surface area contributed by atoms with Crippen molar-refractivity contribution < 1.29 is 9.47 Å². The smallest absolute Gasteiger partial charge is 0.128 e. The molecule has 0 radical (unpaired) electrons. The Labute approximate surface area is 94.4 Å². The van der Waals surface area contributed by atoms with Crippen molar-refractivity contribution in [3.8, 4) is 5.75 Å². The summed E-state index contributed by atoms with van der Waals surface area (Å²) in [7, 11) is 0. The van der Waals surface area contributed by atoms with Gasteiger partial charge in [-0.15, -0.1) is 0 Å². The van der Waals surface area contributed by atoms with E-state index in [2.05, 4.69) is 24.0 Å². The number of epoxide rings is 1. The number of ether oxygens (including phenoxy) is 2. The maximum atomic E-state index is 5.76. The van der Waals surface area contributed by atoms with Crippen LogP contribution in [-0.4, -0.2) is 24.3 Å². The first-order valence-electron chi connectivity index (χ1n) is 5.72. The molecule has 1 atom stereocenters. The van der Waals surface area contributed by atoms with Crippen molar-refractivity contribution >= 4 is 10.9 Å². The normalized spacial score (nSPS) is 18.9. The zero-order chi connectivity index (χ0) is 11.0. The molecule has 84 valence electrons. The molecule has 3 nitrogen and oxygen atoms in total. The Morgan fingerprint density at radius 3 is 3.12 bits per heavy atom. The van der Waals surface area contributed by atoms with Gasteiger partial charge in [-0.25, -0.2) is 0 Å². The van der Waals surface area contributed by atoms with Crippen LogP contribution in [0.15, 0.2) is 24.3 Å². The zero-order valence-electron chi connectivity index (χ0n) is 9.32. The molecule has 2 heterocycles. The Hall–Kier alpha value is -1.48. The predicted octanol–water partition coefficient (Wildman–Crippen LogP) is 2.51. The van der Waals surface area contributed by atoms with Gasteiger partial charge in [-0.2, -0.15) is 0 Å². The fourth-order valence-corrected chi connectivity index (χ4v) is 1.85. The highest BCUT2D eigenvalue weighted by Crippen LogP contribution is 2.27. The summed E-state index contributed by atoms with van der Waals surface area (Å²) in [5.41, 5.74) is 2.39. The predicted molar refractivity (Wildman–Crippen MR) is 62.9 cm³/mol. The number of rotatable bonds is 4. The topological polar surface area (TPSA) is 37.5 Å². The van der Waals surface area contributed by atoms with Crippen LogP contribution < -0.4 is 4.74 Å². The highest BCUT2D eigenvalue weighted by molar-refractivity contribution is 5.86. The summed E-state index contributed by atoms with van der Waals surface area (Å²) in [6, 6.07) is 8.27. The quantitative estimate of drug-likeness (QED) is 0.799. The molecule has 3 rings (SSSR count). The van der Waals surface area contributed by atoms with Crippen molar-refractivity contribution in [2.45, 2.75) is 19.4 Å². The van der Waals surface area contributed by atoms with Crippen molar-refractivity contribution in [3.63, 3.8) is 0 Å². The average Bonchev–Trinajstić information content (AvgIpc) is 3.03. The molecular weight excluding hydrogens is 202 g/mol. The minimum atomic E-state index is 0.305. The van der Waals surface area contributed by atoms with Crippen LogP contribution in [0.4, 0.5) is 0 Å². The number of aromatic amines is 1. The molecular formula is C13H15NO2. The highest BCUT2D eigenvalue weighted by atomic mass is 16.6. The first-order chi connectivity index (χ1) is 7.86. The third kappa shape index (κ3) is 1.78. The summed E-state index contributed by atoms with van der Waals surface area (Å²) in [5.74, 6) is 0.948. The second-order valence-electron chi connectivity index (χ2n) is 4.13. The Kier molecular flexibility index (Phi) is 2.33. The van der Waals surface area contributed by atoms with Crippen LogP contribution in [0.3, 0.4) is 0 Å². The fourth-order valence-electron chi connectivity index (χ4n) is 1.85. The molecule has 1 aromatic carbocycles. The maximum Gasteiger partial charge on any atom is 0.128 e. The minimum absolute atomic E-state index is 0.305. The summed E-state index contributed by atoms with van der Waals surface area (Å²) in [4.78, 5) is 3.38. The monoisotopic (exact) mass is 217 g/mol. The summed E-state index contributed by atoms with van der Waals surface area (Å²) >= 11 is 0. The van der Waals surface area contributed by atoms with E-state index in [9.17, 15) is 0 Å². The van der Waals surface area contributed by atoms with Crippen LogP contribution in [0.25, 0.3) is 10.9 Å². The van der Waals surface area contributed by atoms with E-state index in [0.29, 0.717) is 12.7 Å². The molecule has 1 unspecified atom stereocenters. The molecule has 1 aliphatic heterocycles. The van der Waals surface area contributed by atoms with Gasteiger partial charge in [0.1, 0.15) is 18.5 Å². The van der Waals surface area contributed by atoms with Gasteiger partial charge in [0, 0.05) is 16.6 Å². The van der Waals surface area contributed by atoms with Crippen LogP contribution >= 0.6 is 0 Å². The summed E-state index contributed by atoms with van der Waals surface area (Å²) in [6.45, 7) is 3.64. The minimum Gasteiger partial charge on any atom is -0.490 e. The second kappa shape index (κ2) is 3.83. The van der Waals surface area contributed by atoms with Crippen LogP contribution in [0.1, 0.15) is 12.6 Å². The number of benzene rings is 1. The molecule has 1 saturated heterocycles. The van der Waals surface area contributed by atoms with E-state index >= 15 is 0 Å². The molecule has 0 bridgehead atoms. The van der Waals surface area contributed by atoms with Crippen molar-refractivity contribution in [3.05, 3.63) is 30.0 Å². The van der Waals surface area contributed by atoms with Gasteiger partial charge in [0.25, 0.3) is 0 Å². The molecule has 3 heteroatoms. The number of fused-ring (bicyclic) bond motifs is 1.